The molecule has 1 heterocycles. The third kappa shape index (κ3) is 3.13. The maximum absolute atomic E-state index is 13.3. The topological polar surface area (TPSA) is 23.6 Å². The molecule has 1 saturated heterocycles. The lowest BCUT2D eigenvalue weighted by atomic mass is 9.47. The van der Waals surface area contributed by atoms with Crippen LogP contribution in [0.15, 0.2) is 35.9 Å². The molecule has 0 aromatic heterocycles. The maximum atomic E-state index is 13.3. The minimum Gasteiger partial charge on any atom is -0.338 e. The molecule has 3 nitrogen and oxygen atoms in total. The molecular formula is C30H41FN2O. The van der Waals surface area contributed by atoms with E-state index in [0.717, 1.165) is 42.6 Å². The van der Waals surface area contributed by atoms with E-state index in [1.165, 1.54) is 57.2 Å². The molecule has 3 saturated carbocycles. The van der Waals surface area contributed by atoms with E-state index in [1.54, 1.807) is 17.7 Å². The monoisotopic (exact) mass is 464 g/mol. The molecule has 5 aliphatic rings. The van der Waals surface area contributed by atoms with Crippen LogP contribution < -0.4 is 0 Å². The second kappa shape index (κ2) is 7.91. The molecule has 1 spiro atoms. The zero-order valence-electron chi connectivity index (χ0n) is 21.4. The smallest absolute Gasteiger partial charge is 0.253 e. The van der Waals surface area contributed by atoms with E-state index in [-0.39, 0.29) is 17.8 Å². The highest BCUT2D eigenvalue weighted by Gasteiger charge is 2.64. The lowest BCUT2D eigenvalue weighted by Crippen LogP contribution is -2.53. The number of rotatable bonds is 2. The van der Waals surface area contributed by atoms with Gasteiger partial charge in [-0.1, -0.05) is 18.6 Å². The molecule has 0 bridgehead atoms. The van der Waals surface area contributed by atoms with E-state index in [9.17, 15) is 9.18 Å². The highest BCUT2D eigenvalue weighted by molar-refractivity contribution is 5.94. The molecule has 1 aliphatic heterocycles. The molecule has 6 rings (SSSR count). The van der Waals surface area contributed by atoms with E-state index in [0.29, 0.717) is 16.4 Å². The fourth-order valence-electron chi connectivity index (χ4n) is 9.74. The highest BCUT2D eigenvalue weighted by atomic mass is 19.1. The normalized spacial score (nSPS) is 43.4. The molecule has 8 atom stereocenters. The Labute approximate surface area is 204 Å². The maximum Gasteiger partial charge on any atom is 0.253 e. The Bertz CT molecular complexity index is 1000. The summed E-state index contributed by atoms with van der Waals surface area (Å²) in [6, 6.07) is 6.98. The Morgan fingerprint density at radius 2 is 1.79 bits per heavy atom. The van der Waals surface area contributed by atoms with Gasteiger partial charge in [-0.15, -0.1) is 0 Å². The number of nitrogens with zero attached hydrogens (tertiary/aromatic N) is 2. The Balaban J connectivity index is 1.21. The zero-order chi connectivity index (χ0) is 23.8. The minimum absolute atomic E-state index is 0.0129. The van der Waals surface area contributed by atoms with Gasteiger partial charge >= 0.3 is 0 Å². The molecular weight excluding hydrogens is 423 g/mol. The van der Waals surface area contributed by atoms with E-state index in [4.69, 9.17) is 0 Å². The summed E-state index contributed by atoms with van der Waals surface area (Å²) in [5.41, 5.74) is 3.08. The van der Waals surface area contributed by atoms with Crippen LogP contribution in [0.1, 0.15) is 75.6 Å². The van der Waals surface area contributed by atoms with Crippen LogP contribution >= 0.6 is 0 Å². The predicted molar refractivity (Wildman–Crippen MR) is 134 cm³/mol. The fourth-order valence-corrected chi connectivity index (χ4v) is 9.74. The van der Waals surface area contributed by atoms with Crippen LogP contribution in [0.4, 0.5) is 4.39 Å². The van der Waals surface area contributed by atoms with Gasteiger partial charge in [0.2, 0.25) is 0 Å². The van der Waals surface area contributed by atoms with Crippen LogP contribution in [0, 0.1) is 40.3 Å². The van der Waals surface area contributed by atoms with Gasteiger partial charge in [-0.2, -0.15) is 0 Å². The number of halogens is 1. The summed E-state index contributed by atoms with van der Waals surface area (Å²) in [4.78, 5) is 17.7. The van der Waals surface area contributed by atoms with Crippen LogP contribution in [0.2, 0.25) is 0 Å². The van der Waals surface area contributed by atoms with Gasteiger partial charge in [-0.05, 0) is 124 Å². The van der Waals surface area contributed by atoms with Gasteiger partial charge in [0.15, 0.2) is 0 Å². The third-order valence-electron chi connectivity index (χ3n) is 11.6. The van der Waals surface area contributed by atoms with Crippen molar-refractivity contribution >= 4 is 5.91 Å². The van der Waals surface area contributed by atoms with Gasteiger partial charge in [-0.25, -0.2) is 4.39 Å². The molecule has 1 aromatic rings. The van der Waals surface area contributed by atoms with E-state index in [2.05, 4.69) is 31.9 Å². The van der Waals surface area contributed by atoms with E-state index >= 15 is 0 Å². The molecule has 34 heavy (non-hydrogen) atoms. The van der Waals surface area contributed by atoms with Crippen LogP contribution in [0.5, 0.6) is 0 Å². The summed E-state index contributed by atoms with van der Waals surface area (Å²) < 4.78 is 13.3. The number of benzene rings is 1. The number of allylic oxidation sites excluding steroid dienone is 1. The van der Waals surface area contributed by atoms with Crippen molar-refractivity contribution in [1.82, 2.24) is 9.80 Å². The first kappa shape index (κ1) is 22.8. The number of hydrogen-bond acceptors (Lipinski definition) is 2. The Kier molecular flexibility index (Phi) is 5.30. The highest BCUT2D eigenvalue weighted by Crippen LogP contribution is 2.68. The summed E-state index contributed by atoms with van der Waals surface area (Å²) in [5.74, 6) is 3.18. The standard InChI is InChI=1S/C30H41FN2O/c1-19-25-11-12-27-24-10-7-21-17-23(33(4)28(34)20-5-8-22(31)9-6-20)13-15-29(21,2)26(24)14-16-30(25,27)18-32(19)3/h5-9,19,23-27H,10-18H2,1-4H3/t19-,23-,24+,25+,26?,27-,29-,30-/m0/s1. The number of hydrogen-bond donors (Lipinski definition) is 0. The average Bonchev–Trinajstić information content (AvgIpc) is 3.31. The van der Waals surface area contributed by atoms with E-state index < -0.39 is 0 Å². The summed E-state index contributed by atoms with van der Waals surface area (Å²) in [6.07, 6.45) is 12.8. The molecule has 0 radical (unpaired) electrons. The van der Waals surface area contributed by atoms with Gasteiger partial charge in [0, 0.05) is 31.2 Å². The minimum atomic E-state index is -0.295. The number of likely N-dealkylation sites (tertiary alicyclic amines) is 1. The van der Waals surface area contributed by atoms with Crippen LogP contribution in [0.25, 0.3) is 0 Å². The summed E-state index contributed by atoms with van der Waals surface area (Å²) in [7, 11) is 4.29. The van der Waals surface area contributed by atoms with Crippen molar-refractivity contribution in [2.75, 3.05) is 20.6 Å². The molecule has 1 aromatic carbocycles. The SMILES string of the molecule is C[C@H]1[C@H]2CC[C@H]3[C@@H]4CC=C5C[C@@H](N(C)C(=O)c6ccc(F)cc6)CC[C@]5(C)C4CC[C@]23CN1C. The van der Waals surface area contributed by atoms with Crippen molar-refractivity contribution in [3.8, 4) is 0 Å². The molecule has 4 aliphatic carbocycles. The first-order chi connectivity index (χ1) is 16.2. The van der Waals surface area contributed by atoms with Crippen molar-refractivity contribution in [2.45, 2.75) is 77.3 Å². The molecule has 4 fully saturated rings. The molecule has 4 heteroatoms. The number of carbonyl (C=O) groups is 1. The van der Waals surface area contributed by atoms with Gasteiger partial charge in [-0.3, -0.25) is 4.79 Å². The third-order valence-corrected chi connectivity index (χ3v) is 11.6. The van der Waals surface area contributed by atoms with Crippen molar-refractivity contribution in [1.29, 1.82) is 0 Å². The predicted octanol–water partition coefficient (Wildman–Crippen LogP) is 6.16. The van der Waals surface area contributed by atoms with Crippen LogP contribution in [-0.2, 0) is 0 Å². The van der Waals surface area contributed by atoms with Gasteiger partial charge in [0.25, 0.3) is 5.91 Å². The second-order valence-corrected chi connectivity index (χ2v) is 12.7. The first-order valence-corrected chi connectivity index (χ1v) is 13.7. The number of carbonyl (C=O) groups excluding carboxylic acids is 1. The molecule has 1 unspecified atom stereocenters. The van der Waals surface area contributed by atoms with Gasteiger partial charge in [0.05, 0.1) is 0 Å². The largest absolute Gasteiger partial charge is 0.338 e. The Morgan fingerprint density at radius 1 is 1.06 bits per heavy atom. The lowest BCUT2D eigenvalue weighted by Gasteiger charge is -2.58. The molecule has 184 valence electrons. The summed E-state index contributed by atoms with van der Waals surface area (Å²) in [5, 5.41) is 0. The molecule has 0 N–H and O–H groups in total. The number of amides is 1. The lowest BCUT2D eigenvalue weighted by molar-refractivity contribution is -0.0430. The summed E-state index contributed by atoms with van der Waals surface area (Å²) >= 11 is 0. The Morgan fingerprint density at radius 3 is 2.56 bits per heavy atom. The number of fused-ring (bicyclic) bond motifs is 4. The van der Waals surface area contributed by atoms with Crippen LogP contribution in [0.3, 0.4) is 0 Å². The molecule has 1 amide bonds. The van der Waals surface area contributed by atoms with Crippen molar-refractivity contribution in [3.63, 3.8) is 0 Å². The average molecular weight is 465 g/mol. The Hall–Kier alpha value is -1.68. The fraction of sp³-hybridized carbons (Fsp3) is 0.700. The van der Waals surface area contributed by atoms with E-state index in [1.807, 2.05) is 11.9 Å². The first-order valence-electron chi connectivity index (χ1n) is 13.7. The summed E-state index contributed by atoms with van der Waals surface area (Å²) in [6.45, 7) is 6.35. The van der Waals surface area contributed by atoms with Crippen molar-refractivity contribution in [3.05, 3.63) is 47.3 Å². The second-order valence-electron chi connectivity index (χ2n) is 12.7. The van der Waals surface area contributed by atoms with Gasteiger partial charge < -0.3 is 9.80 Å². The quantitative estimate of drug-likeness (QED) is 0.490. The van der Waals surface area contributed by atoms with Crippen molar-refractivity contribution < 1.29 is 9.18 Å². The zero-order valence-corrected chi connectivity index (χ0v) is 21.4. The van der Waals surface area contributed by atoms with Crippen molar-refractivity contribution in [2.24, 2.45) is 34.5 Å². The van der Waals surface area contributed by atoms with Crippen LogP contribution in [-0.4, -0.2) is 48.4 Å². The van der Waals surface area contributed by atoms with Gasteiger partial charge in [0.1, 0.15) is 5.82 Å².